The Morgan fingerprint density at radius 3 is 2.58 bits per heavy atom. The van der Waals surface area contributed by atoms with Crippen molar-refractivity contribution in [2.24, 2.45) is 7.05 Å². The van der Waals surface area contributed by atoms with E-state index in [9.17, 15) is 0 Å². The second-order valence-electron chi connectivity index (χ2n) is 2.31. The predicted molar refractivity (Wildman–Crippen MR) is 47.7 cm³/mol. The number of carbonyl (C=O) groups is 1. The zero-order chi connectivity index (χ0) is 9.56. The Bertz CT molecular complexity index is 233. The lowest BCUT2D eigenvalue weighted by Gasteiger charge is -1.98. The lowest BCUT2D eigenvalue weighted by molar-refractivity contribution is -0.0979. The van der Waals surface area contributed by atoms with Crippen molar-refractivity contribution in [3.05, 3.63) is 18.0 Å². The Hall–Kier alpha value is -1.29. The van der Waals surface area contributed by atoms with E-state index in [1.165, 1.54) is 0 Å². The molecule has 0 unspecified atom stereocenters. The average Bonchev–Trinajstić information content (AvgIpc) is 2.35. The summed E-state index contributed by atoms with van der Waals surface area (Å²) in [6, 6.07) is 1.91. The summed E-state index contributed by atoms with van der Waals surface area (Å²) in [4.78, 5) is 8.00. The third-order valence-electron chi connectivity index (χ3n) is 1.42. The number of anilines is 1. The van der Waals surface area contributed by atoms with Crippen LogP contribution in [0.3, 0.4) is 0 Å². The van der Waals surface area contributed by atoms with Gasteiger partial charge in [0.05, 0.1) is 6.61 Å². The summed E-state index contributed by atoms with van der Waals surface area (Å²) in [7, 11) is 3.62. The summed E-state index contributed by atoms with van der Waals surface area (Å²) < 4.78 is 6.90. The first-order chi connectivity index (χ1) is 5.74. The SMILES string of the molecule is C=O.COCc1cc(N)cn1C. The second kappa shape index (κ2) is 5.37. The Balaban J connectivity index is 0.000000561. The lowest BCUT2D eigenvalue weighted by Crippen LogP contribution is -1.95. The van der Waals surface area contributed by atoms with Crippen molar-refractivity contribution in [3.63, 3.8) is 0 Å². The van der Waals surface area contributed by atoms with Crippen LogP contribution in [0, 0.1) is 0 Å². The highest BCUT2D eigenvalue weighted by molar-refractivity contribution is 5.38. The van der Waals surface area contributed by atoms with E-state index >= 15 is 0 Å². The van der Waals surface area contributed by atoms with E-state index in [1.54, 1.807) is 7.11 Å². The maximum atomic E-state index is 8.00. The molecule has 0 aliphatic carbocycles. The number of ether oxygens (including phenoxy) is 1. The van der Waals surface area contributed by atoms with E-state index in [2.05, 4.69) is 0 Å². The molecule has 1 rings (SSSR count). The molecule has 0 aromatic carbocycles. The van der Waals surface area contributed by atoms with E-state index < -0.39 is 0 Å². The predicted octanol–water partition coefficient (Wildman–Crippen LogP) is 0.569. The fourth-order valence-corrected chi connectivity index (χ4v) is 0.929. The van der Waals surface area contributed by atoms with Gasteiger partial charge >= 0.3 is 0 Å². The van der Waals surface area contributed by atoms with Gasteiger partial charge in [-0.1, -0.05) is 0 Å². The topological polar surface area (TPSA) is 57.2 Å². The standard InChI is InChI=1S/C7H12N2O.CH2O/c1-9-4-6(8)3-7(9)5-10-2;1-2/h3-4H,5,8H2,1-2H3;1H2. The van der Waals surface area contributed by atoms with Gasteiger partial charge in [0.25, 0.3) is 0 Å². The quantitative estimate of drug-likeness (QED) is 0.705. The van der Waals surface area contributed by atoms with Crippen LogP contribution >= 0.6 is 0 Å². The largest absolute Gasteiger partial charge is 0.397 e. The zero-order valence-electron chi connectivity index (χ0n) is 7.41. The maximum Gasteiger partial charge on any atom is 0.106 e. The van der Waals surface area contributed by atoms with Crippen LogP contribution < -0.4 is 5.73 Å². The van der Waals surface area contributed by atoms with Crippen LogP contribution in [0.4, 0.5) is 5.69 Å². The first-order valence-electron chi connectivity index (χ1n) is 3.42. The van der Waals surface area contributed by atoms with Crippen molar-refractivity contribution in [1.82, 2.24) is 4.57 Å². The molecule has 0 atom stereocenters. The number of methoxy groups -OCH3 is 1. The van der Waals surface area contributed by atoms with E-state index in [0.717, 1.165) is 11.4 Å². The molecule has 0 saturated carbocycles. The van der Waals surface area contributed by atoms with Crippen LogP contribution in [0.15, 0.2) is 12.3 Å². The number of nitrogen functional groups attached to an aromatic ring is 1. The molecule has 4 heteroatoms. The molecule has 4 nitrogen and oxygen atoms in total. The number of aromatic nitrogens is 1. The highest BCUT2D eigenvalue weighted by Gasteiger charge is 1.97. The summed E-state index contributed by atoms with van der Waals surface area (Å²) >= 11 is 0. The number of hydrogen-bond acceptors (Lipinski definition) is 3. The molecular formula is C8H14N2O2. The van der Waals surface area contributed by atoms with E-state index in [4.69, 9.17) is 15.3 Å². The summed E-state index contributed by atoms with van der Waals surface area (Å²) in [5, 5.41) is 0. The minimum absolute atomic E-state index is 0.619. The molecule has 0 aliphatic rings. The Morgan fingerprint density at radius 2 is 2.25 bits per heavy atom. The summed E-state index contributed by atoms with van der Waals surface area (Å²) in [5.74, 6) is 0. The third-order valence-corrected chi connectivity index (χ3v) is 1.42. The van der Waals surface area contributed by atoms with Crippen LogP contribution in [-0.4, -0.2) is 18.5 Å². The molecule has 0 fully saturated rings. The summed E-state index contributed by atoms with van der Waals surface area (Å²) in [6.45, 7) is 2.62. The molecule has 0 amide bonds. The molecule has 12 heavy (non-hydrogen) atoms. The van der Waals surface area contributed by atoms with Gasteiger partial charge < -0.3 is 19.8 Å². The maximum absolute atomic E-state index is 8.00. The number of nitrogens with two attached hydrogens (primary N) is 1. The van der Waals surface area contributed by atoms with E-state index in [0.29, 0.717) is 6.61 Å². The fraction of sp³-hybridized carbons (Fsp3) is 0.375. The van der Waals surface area contributed by atoms with Crippen molar-refractivity contribution >= 4 is 12.5 Å². The van der Waals surface area contributed by atoms with Gasteiger partial charge in [-0.05, 0) is 6.07 Å². The molecule has 0 saturated heterocycles. The number of carbonyl (C=O) groups excluding carboxylic acids is 1. The number of hydrogen-bond donors (Lipinski definition) is 1. The average molecular weight is 170 g/mol. The van der Waals surface area contributed by atoms with Gasteiger partial charge in [0.2, 0.25) is 0 Å². The van der Waals surface area contributed by atoms with Crippen LogP contribution in [-0.2, 0) is 23.2 Å². The van der Waals surface area contributed by atoms with Gasteiger partial charge in [-0.2, -0.15) is 0 Å². The second-order valence-corrected chi connectivity index (χ2v) is 2.31. The smallest absolute Gasteiger partial charge is 0.106 e. The Labute approximate surface area is 71.9 Å². The molecule has 0 spiro atoms. The van der Waals surface area contributed by atoms with Crippen molar-refractivity contribution in [2.75, 3.05) is 12.8 Å². The van der Waals surface area contributed by atoms with Gasteiger partial charge in [-0.25, -0.2) is 0 Å². The van der Waals surface area contributed by atoms with Crippen molar-refractivity contribution < 1.29 is 9.53 Å². The first-order valence-corrected chi connectivity index (χ1v) is 3.42. The van der Waals surface area contributed by atoms with Crippen LogP contribution in [0.5, 0.6) is 0 Å². The molecule has 1 aromatic rings. The Morgan fingerprint density at radius 1 is 1.67 bits per heavy atom. The van der Waals surface area contributed by atoms with Crippen LogP contribution in [0.2, 0.25) is 0 Å². The summed E-state index contributed by atoms with van der Waals surface area (Å²) in [5.41, 5.74) is 7.42. The third kappa shape index (κ3) is 2.75. The molecule has 2 N–H and O–H groups in total. The van der Waals surface area contributed by atoms with Crippen molar-refractivity contribution in [3.8, 4) is 0 Å². The molecule has 0 bridgehead atoms. The van der Waals surface area contributed by atoms with Crippen LogP contribution in [0.25, 0.3) is 0 Å². The zero-order valence-corrected chi connectivity index (χ0v) is 7.41. The van der Waals surface area contributed by atoms with Crippen LogP contribution in [0.1, 0.15) is 5.69 Å². The van der Waals surface area contributed by atoms with Gasteiger partial charge in [-0.3, -0.25) is 0 Å². The minimum atomic E-state index is 0.619. The molecular weight excluding hydrogens is 156 g/mol. The van der Waals surface area contributed by atoms with Gasteiger partial charge in [0.15, 0.2) is 0 Å². The molecule has 1 aromatic heterocycles. The Kier molecular flexibility index (Phi) is 4.79. The van der Waals surface area contributed by atoms with Crippen molar-refractivity contribution in [1.29, 1.82) is 0 Å². The van der Waals surface area contributed by atoms with Crippen molar-refractivity contribution in [2.45, 2.75) is 6.61 Å². The summed E-state index contributed by atoms with van der Waals surface area (Å²) in [6.07, 6.45) is 1.87. The molecule has 1 heterocycles. The molecule has 68 valence electrons. The lowest BCUT2D eigenvalue weighted by atomic mass is 10.4. The van der Waals surface area contributed by atoms with E-state index in [1.807, 2.05) is 30.7 Å². The number of nitrogens with zero attached hydrogens (tertiary/aromatic N) is 1. The first kappa shape index (κ1) is 10.7. The van der Waals surface area contributed by atoms with Gasteiger partial charge in [-0.15, -0.1) is 0 Å². The fourth-order valence-electron chi connectivity index (χ4n) is 0.929. The van der Waals surface area contributed by atoms with Gasteiger partial charge in [0.1, 0.15) is 6.79 Å². The number of rotatable bonds is 2. The number of aryl methyl sites for hydroxylation is 1. The van der Waals surface area contributed by atoms with E-state index in [-0.39, 0.29) is 0 Å². The highest BCUT2D eigenvalue weighted by Crippen LogP contribution is 2.08. The van der Waals surface area contributed by atoms with Gasteiger partial charge in [0, 0.05) is 31.7 Å². The molecule has 0 radical (unpaired) electrons. The monoisotopic (exact) mass is 170 g/mol. The normalized spacial score (nSPS) is 8.83. The minimum Gasteiger partial charge on any atom is -0.397 e. The molecule has 0 aliphatic heterocycles. The highest BCUT2D eigenvalue weighted by atomic mass is 16.5.